The van der Waals surface area contributed by atoms with E-state index in [2.05, 4.69) is 6.07 Å². The smallest absolute Gasteiger partial charge is 0.310 e. The van der Waals surface area contributed by atoms with E-state index in [1.165, 1.54) is 0 Å². The summed E-state index contributed by atoms with van der Waals surface area (Å²) in [4.78, 5) is 11.1. The van der Waals surface area contributed by atoms with Crippen LogP contribution < -0.4 is 0 Å². The van der Waals surface area contributed by atoms with Crippen molar-refractivity contribution in [2.24, 2.45) is 7.05 Å². The van der Waals surface area contributed by atoms with Crippen LogP contribution in [0.25, 0.3) is 10.9 Å². The molecular weight excluding hydrogens is 202 g/mol. The molecule has 0 saturated heterocycles. The minimum Gasteiger partial charge on any atom is -0.481 e. The summed E-state index contributed by atoms with van der Waals surface area (Å²) in [6.45, 7) is 3.74. The molecule has 0 spiro atoms. The van der Waals surface area contributed by atoms with Crippen LogP contribution in [0.5, 0.6) is 0 Å². The van der Waals surface area contributed by atoms with Gasteiger partial charge in [0.1, 0.15) is 0 Å². The standard InChI is InChI=1S/C13H15NO2/c1-8-7-10-5-4-6-11(9(2)13(15)16)12(10)14(8)3/h4-7,9H,1-3H3,(H,15,16). The Morgan fingerprint density at radius 3 is 2.75 bits per heavy atom. The van der Waals surface area contributed by atoms with Crippen molar-refractivity contribution in [2.75, 3.05) is 0 Å². The van der Waals surface area contributed by atoms with E-state index < -0.39 is 11.9 Å². The average molecular weight is 217 g/mol. The maximum atomic E-state index is 11.1. The van der Waals surface area contributed by atoms with Crippen molar-refractivity contribution in [3.8, 4) is 0 Å². The predicted octanol–water partition coefficient (Wildman–Crippen LogP) is 2.67. The lowest BCUT2D eigenvalue weighted by Gasteiger charge is -2.10. The molecule has 2 rings (SSSR count). The van der Waals surface area contributed by atoms with Crippen molar-refractivity contribution in [2.45, 2.75) is 19.8 Å². The fourth-order valence-corrected chi connectivity index (χ4v) is 2.06. The Morgan fingerprint density at radius 1 is 1.44 bits per heavy atom. The maximum Gasteiger partial charge on any atom is 0.310 e. The molecule has 0 fully saturated rings. The fraction of sp³-hybridized carbons (Fsp3) is 0.308. The fourth-order valence-electron chi connectivity index (χ4n) is 2.06. The number of nitrogens with zero attached hydrogens (tertiary/aromatic N) is 1. The molecule has 1 N–H and O–H groups in total. The number of carboxylic acids is 1. The second kappa shape index (κ2) is 3.67. The molecule has 0 bridgehead atoms. The topological polar surface area (TPSA) is 42.2 Å². The van der Waals surface area contributed by atoms with E-state index in [-0.39, 0.29) is 0 Å². The Hall–Kier alpha value is -1.77. The Bertz CT molecular complexity index is 554. The highest BCUT2D eigenvalue weighted by molar-refractivity contribution is 5.89. The lowest BCUT2D eigenvalue weighted by atomic mass is 9.99. The summed E-state index contributed by atoms with van der Waals surface area (Å²) in [5.74, 6) is -1.26. The lowest BCUT2D eigenvalue weighted by molar-refractivity contribution is -0.138. The van der Waals surface area contributed by atoms with Crippen molar-refractivity contribution in [1.29, 1.82) is 0 Å². The molecule has 0 aliphatic rings. The zero-order valence-corrected chi connectivity index (χ0v) is 9.69. The van der Waals surface area contributed by atoms with E-state index in [0.717, 1.165) is 22.2 Å². The van der Waals surface area contributed by atoms with Crippen molar-refractivity contribution in [3.05, 3.63) is 35.5 Å². The largest absolute Gasteiger partial charge is 0.481 e. The highest BCUT2D eigenvalue weighted by atomic mass is 16.4. The van der Waals surface area contributed by atoms with Crippen LogP contribution in [-0.2, 0) is 11.8 Å². The van der Waals surface area contributed by atoms with Crippen molar-refractivity contribution < 1.29 is 9.90 Å². The molecule has 1 aromatic heterocycles. The Labute approximate surface area is 94.3 Å². The van der Waals surface area contributed by atoms with Gasteiger partial charge in [-0.3, -0.25) is 4.79 Å². The van der Waals surface area contributed by atoms with Gasteiger partial charge in [0.15, 0.2) is 0 Å². The molecule has 0 amide bonds. The summed E-state index contributed by atoms with van der Waals surface area (Å²) >= 11 is 0. The summed E-state index contributed by atoms with van der Waals surface area (Å²) in [7, 11) is 1.97. The van der Waals surface area contributed by atoms with Crippen molar-refractivity contribution in [3.63, 3.8) is 0 Å². The van der Waals surface area contributed by atoms with Crippen LogP contribution >= 0.6 is 0 Å². The summed E-state index contributed by atoms with van der Waals surface area (Å²) in [5.41, 5.74) is 3.04. The molecule has 16 heavy (non-hydrogen) atoms. The van der Waals surface area contributed by atoms with Crippen molar-refractivity contribution >= 4 is 16.9 Å². The first-order valence-electron chi connectivity index (χ1n) is 5.30. The predicted molar refractivity (Wildman–Crippen MR) is 63.7 cm³/mol. The van der Waals surface area contributed by atoms with E-state index in [0.29, 0.717) is 0 Å². The van der Waals surface area contributed by atoms with E-state index in [4.69, 9.17) is 5.11 Å². The molecule has 0 radical (unpaired) electrons. The molecule has 2 aromatic rings. The van der Waals surface area contributed by atoms with Crippen LogP contribution in [0.15, 0.2) is 24.3 Å². The number of hydrogen-bond acceptors (Lipinski definition) is 1. The van der Waals surface area contributed by atoms with Gasteiger partial charge in [0.2, 0.25) is 0 Å². The monoisotopic (exact) mass is 217 g/mol. The molecule has 3 heteroatoms. The van der Waals surface area contributed by atoms with Crippen molar-refractivity contribution in [1.82, 2.24) is 4.57 Å². The molecule has 1 unspecified atom stereocenters. The Morgan fingerprint density at radius 2 is 2.12 bits per heavy atom. The number of carbonyl (C=O) groups is 1. The third-order valence-corrected chi connectivity index (χ3v) is 3.16. The number of aromatic nitrogens is 1. The number of rotatable bonds is 2. The summed E-state index contributed by atoms with van der Waals surface area (Å²) in [6.07, 6.45) is 0. The average Bonchev–Trinajstić information content (AvgIpc) is 2.54. The second-order valence-electron chi connectivity index (χ2n) is 4.19. The van der Waals surface area contributed by atoms with Crippen LogP contribution in [0.4, 0.5) is 0 Å². The van der Waals surface area contributed by atoms with Gasteiger partial charge in [-0.1, -0.05) is 18.2 Å². The van der Waals surface area contributed by atoms with Gasteiger partial charge in [0, 0.05) is 18.1 Å². The van der Waals surface area contributed by atoms with Crippen LogP contribution in [0.2, 0.25) is 0 Å². The molecule has 3 nitrogen and oxygen atoms in total. The first-order valence-corrected chi connectivity index (χ1v) is 5.30. The minimum atomic E-state index is -0.786. The van der Waals surface area contributed by atoms with Gasteiger partial charge in [-0.05, 0) is 25.5 Å². The third kappa shape index (κ3) is 1.48. The number of carboxylic acid groups (broad SMARTS) is 1. The zero-order chi connectivity index (χ0) is 11.9. The third-order valence-electron chi connectivity index (χ3n) is 3.16. The molecule has 0 aliphatic heterocycles. The van der Waals surface area contributed by atoms with Gasteiger partial charge in [0.25, 0.3) is 0 Å². The number of aryl methyl sites for hydroxylation is 2. The number of fused-ring (bicyclic) bond motifs is 1. The van der Waals surface area contributed by atoms with Gasteiger partial charge < -0.3 is 9.67 Å². The summed E-state index contributed by atoms with van der Waals surface area (Å²) in [5, 5.41) is 10.2. The van der Waals surface area contributed by atoms with Crippen LogP contribution in [0.1, 0.15) is 24.1 Å². The summed E-state index contributed by atoms with van der Waals surface area (Å²) < 4.78 is 2.05. The number of benzene rings is 1. The molecule has 0 saturated carbocycles. The Kier molecular flexibility index (Phi) is 2.46. The van der Waals surface area contributed by atoms with E-state index in [1.54, 1.807) is 6.92 Å². The molecular formula is C13H15NO2. The second-order valence-corrected chi connectivity index (χ2v) is 4.19. The molecule has 1 atom stereocenters. The first kappa shape index (κ1) is 10.7. The van der Waals surface area contributed by atoms with Gasteiger partial charge in [-0.2, -0.15) is 0 Å². The molecule has 1 heterocycles. The SMILES string of the molecule is Cc1cc2cccc(C(C)C(=O)O)c2n1C. The number of hydrogen-bond donors (Lipinski definition) is 1. The normalized spacial score (nSPS) is 12.9. The summed E-state index contributed by atoms with van der Waals surface area (Å²) in [6, 6.07) is 7.89. The number of para-hydroxylation sites is 1. The van der Waals surface area contributed by atoms with Gasteiger partial charge in [-0.15, -0.1) is 0 Å². The van der Waals surface area contributed by atoms with Gasteiger partial charge >= 0.3 is 5.97 Å². The van der Waals surface area contributed by atoms with Crippen LogP contribution in [-0.4, -0.2) is 15.6 Å². The zero-order valence-electron chi connectivity index (χ0n) is 9.69. The minimum absolute atomic E-state index is 0.475. The molecule has 0 aliphatic carbocycles. The first-order chi connectivity index (χ1) is 7.52. The van der Waals surface area contributed by atoms with Crippen LogP contribution in [0, 0.1) is 6.92 Å². The highest BCUT2D eigenvalue weighted by Crippen LogP contribution is 2.27. The maximum absolute atomic E-state index is 11.1. The van der Waals surface area contributed by atoms with E-state index in [9.17, 15) is 4.79 Å². The van der Waals surface area contributed by atoms with E-state index in [1.807, 2.05) is 36.7 Å². The van der Waals surface area contributed by atoms with E-state index >= 15 is 0 Å². The number of aliphatic carboxylic acids is 1. The quantitative estimate of drug-likeness (QED) is 0.840. The highest BCUT2D eigenvalue weighted by Gasteiger charge is 2.18. The van der Waals surface area contributed by atoms with Gasteiger partial charge in [0.05, 0.1) is 11.4 Å². The Balaban J connectivity index is 2.74. The van der Waals surface area contributed by atoms with Gasteiger partial charge in [-0.25, -0.2) is 0 Å². The molecule has 84 valence electrons. The lowest BCUT2D eigenvalue weighted by Crippen LogP contribution is -2.09. The molecule has 1 aromatic carbocycles. The van der Waals surface area contributed by atoms with Crippen LogP contribution in [0.3, 0.4) is 0 Å².